The summed E-state index contributed by atoms with van der Waals surface area (Å²) in [6.45, 7) is 3.14. The Labute approximate surface area is 130 Å². The standard InChI is InChI=1S/C13H13BrFN3O2S/c1-7-10(15)5-9(6-11(7)16)21(19,20)18-12-3-4-13(14)17-8(12)2/h3-6,18H,16H2,1-2H3. The van der Waals surface area contributed by atoms with E-state index < -0.39 is 15.8 Å². The summed E-state index contributed by atoms with van der Waals surface area (Å²) in [4.78, 5) is 3.86. The molecule has 0 saturated carbocycles. The molecule has 0 saturated heterocycles. The highest BCUT2D eigenvalue weighted by Gasteiger charge is 2.18. The quantitative estimate of drug-likeness (QED) is 0.639. The molecular formula is C13H13BrFN3O2S. The van der Waals surface area contributed by atoms with Crippen LogP contribution in [-0.4, -0.2) is 13.4 Å². The predicted octanol–water partition coefficient (Wildman–Crippen LogP) is 2.98. The zero-order chi connectivity index (χ0) is 15.8. The van der Waals surface area contributed by atoms with Crippen LogP contribution >= 0.6 is 15.9 Å². The van der Waals surface area contributed by atoms with Crippen LogP contribution in [0.1, 0.15) is 11.3 Å². The third-order valence-corrected chi connectivity index (χ3v) is 4.75. The van der Waals surface area contributed by atoms with Gasteiger partial charge in [-0.25, -0.2) is 17.8 Å². The summed E-state index contributed by atoms with van der Waals surface area (Å²) < 4.78 is 41.2. The average Bonchev–Trinajstić information content (AvgIpc) is 2.38. The van der Waals surface area contributed by atoms with Gasteiger partial charge in [-0.1, -0.05) is 0 Å². The molecule has 0 atom stereocenters. The Morgan fingerprint density at radius 1 is 1.29 bits per heavy atom. The van der Waals surface area contributed by atoms with Gasteiger partial charge in [0, 0.05) is 11.3 Å². The molecule has 21 heavy (non-hydrogen) atoms. The Balaban J connectivity index is 2.43. The van der Waals surface area contributed by atoms with Gasteiger partial charge in [-0.15, -0.1) is 0 Å². The fourth-order valence-electron chi connectivity index (χ4n) is 1.67. The highest BCUT2D eigenvalue weighted by atomic mass is 79.9. The molecule has 0 unspecified atom stereocenters. The lowest BCUT2D eigenvalue weighted by molar-refractivity contribution is 0.593. The number of nitrogens with zero attached hydrogens (tertiary/aromatic N) is 1. The van der Waals surface area contributed by atoms with Crippen LogP contribution in [0.2, 0.25) is 0 Å². The number of hydrogen-bond donors (Lipinski definition) is 2. The zero-order valence-electron chi connectivity index (χ0n) is 11.3. The summed E-state index contributed by atoms with van der Waals surface area (Å²) in [6.07, 6.45) is 0. The van der Waals surface area contributed by atoms with Crippen molar-refractivity contribution >= 4 is 37.3 Å². The van der Waals surface area contributed by atoms with Gasteiger partial charge in [-0.3, -0.25) is 4.72 Å². The number of anilines is 2. The molecule has 0 aliphatic carbocycles. The SMILES string of the molecule is Cc1nc(Br)ccc1NS(=O)(=O)c1cc(N)c(C)c(F)c1. The Bertz CT molecular complexity index is 786. The van der Waals surface area contributed by atoms with E-state index in [1.807, 2.05) is 0 Å². The number of aromatic nitrogens is 1. The molecule has 8 heteroatoms. The largest absolute Gasteiger partial charge is 0.398 e. The minimum atomic E-state index is -3.94. The van der Waals surface area contributed by atoms with Crippen molar-refractivity contribution in [2.24, 2.45) is 0 Å². The molecule has 1 aromatic carbocycles. The van der Waals surface area contributed by atoms with Gasteiger partial charge in [0.2, 0.25) is 0 Å². The number of hydrogen-bond acceptors (Lipinski definition) is 4. The molecule has 0 aliphatic rings. The summed E-state index contributed by atoms with van der Waals surface area (Å²) in [5.74, 6) is -0.666. The van der Waals surface area contributed by atoms with Gasteiger partial charge in [-0.05, 0) is 54.0 Å². The number of halogens is 2. The molecule has 1 heterocycles. The maximum Gasteiger partial charge on any atom is 0.262 e. The van der Waals surface area contributed by atoms with E-state index in [2.05, 4.69) is 25.6 Å². The highest BCUT2D eigenvalue weighted by molar-refractivity contribution is 9.10. The maximum absolute atomic E-state index is 13.7. The Morgan fingerprint density at radius 3 is 2.52 bits per heavy atom. The van der Waals surface area contributed by atoms with Crippen molar-refractivity contribution in [2.75, 3.05) is 10.5 Å². The van der Waals surface area contributed by atoms with E-state index in [4.69, 9.17) is 5.73 Å². The van der Waals surface area contributed by atoms with E-state index >= 15 is 0 Å². The summed E-state index contributed by atoms with van der Waals surface area (Å²) in [5.41, 5.74) is 6.72. The van der Waals surface area contributed by atoms with Crippen molar-refractivity contribution in [1.29, 1.82) is 0 Å². The van der Waals surface area contributed by atoms with Crippen molar-refractivity contribution in [3.05, 3.63) is 45.9 Å². The van der Waals surface area contributed by atoms with Crippen molar-refractivity contribution in [2.45, 2.75) is 18.7 Å². The first kappa shape index (κ1) is 15.7. The Kier molecular flexibility index (Phi) is 4.20. The molecule has 0 fully saturated rings. The molecule has 3 N–H and O–H groups in total. The maximum atomic E-state index is 13.7. The molecule has 112 valence electrons. The first-order valence-electron chi connectivity index (χ1n) is 5.92. The first-order valence-corrected chi connectivity index (χ1v) is 8.20. The Morgan fingerprint density at radius 2 is 1.95 bits per heavy atom. The smallest absolute Gasteiger partial charge is 0.262 e. The van der Waals surface area contributed by atoms with Crippen molar-refractivity contribution in [1.82, 2.24) is 4.98 Å². The molecular weight excluding hydrogens is 361 g/mol. The second-order valence-corrected chi connectivity index (χ2v) is 6.99. The second kappa shape index (κ2) is 5.61. The van der Waals surface area contributed by atoms with Crippen LogP contribution in [0.3, 0.4) is 0 Å². The molecule has 2 rings (SSSR count). The van der Waals surface area contributed by atoms with Crippen LogP contribution in [0.25, 0.3) is 0 Å². The number of pyridine rings is 1. The minimum absolute atomic E-state index is 0.0843. The molecule has 5 nitrogen and oxygen atoms in total. The lowest BCUT2D eigenvalue weighted by atomic mass is 10.2. The summed E-state index contributed by atoms with van der Waals surface area (Å²) in [7, 11) is -3.94. The first-order chi connectivity index (χ1) is 9.70. The zero-order valence-corrected chi connectivity index (χ0v) is 13.7. The number of nitrogens with one attached hydrogen (secondary N) is 1. The molecule has 1 aromatic heterocycles. The molecule has 0 bridgehead atoms. The lowest BCUT2D eigenvalue weighted by Crippen LogP contribution is -2.15. The third kappa shape index (κ3) is 3.33. The highest BCUT2D eigenvalue weighted by Crippen LogP contribution is 2.24. The molecule has 0 aliphatic heterocycles. The van der Waals surface area contributed by atoms with E-state index in [0.717, 1.165) is 6.07 Å². The van der Waals surface area contributed by atoms with Gasteiger partial charge in [-0.2, -0.15) is 0 Å². The molecule has 0 spiro atoms. The van der Waals surface area contributed by atoms with Crippen LogP contribution < -0.4 is 10.5 Å². The number of benzene rings is 1. The van der Waals surface area contributed by atoms with E-state index in [0.29, 0.717) is 16.0 Å². The van der Waals surface area contributed by atoms with Crippen LogP contribution in [0.5, 0.6) is 0 Å². The summed E-state index contributed by atoms with van der Waals surface area (Å²) in [6, 6.07) is 5.34. The summed E-state index contributed by atoms with van der Waals surface area (Å²) in [5, 5.41) is 0. The number of sulfonamides is 1. The number of aryl methyl sites for hydroxylation is 1. The van der Waals surface area contributed by atoms with E-state index in [1.165, 1.54) is 13.0 Å². The van der Waals surface area contributed by atoms with Crippen LogP contribution in [0.4, 0.5) is 15.8 Å². The van der Waals surface area contributed by atoms with Crippen molar-refractivity contribution in [3.8, 4) is 0 Å². The number of nitrogen functional groups attached to an aromatic ring is 1. The lowest BCUT2D eigenvalue weighted by Gasteiger charge is -2.12. The van der Waals surface area contributed by atoms with Gasteiger partial charge in [0.15, 0.2) is 0 Å². The van der Waals surface area contributed by atoms with E-state index in [1.54, 1.807) is 19.1 Å². The molecule has 0 amide bonds. The van der Waals surface area contributed by atoms with Gasteiger partial charge in [0.1, 0.15) is 10.4 Å². The second-order valence-electron chi connectivity index (χ2n) is 4.49. The number of rotatable bonds is 3. The Hall–Kier alpha value is -1.67. The molecule has 0 radical (unpaired) electrons. The fourth-order valence-corrected chi connectivity index (χ4v) is 3.23. The van der Waals surface area contributed by atoms with Crippen molar-refractivity contribution in [3.63, 3.8) is 0 Å². The van der Waals surface area contributed by atoms with Crippen molar-refractivity contribution < 1.29 is 12.8 Å². The topological polar surface area (TPSA) is 85.1 Å². The van der Waals surface area contributed by atoms with Gasteiger partial charge < -0.3 is 5.73 Å². The van der Waals surface area contributed by atoms with Crippen LogP contribution in [0, 0.1) is 19.7 Å². The van der Waals surface area contributed by atoms with E-state index in [-0.39, 0.29) is 16.1 Å². The van der Waals surface area contributed by atoms with Crippen LogP contribution in [-0.2, 0) is 10.0 Å². The molecule has 2 aromatic rings. The number of nitrogens with two attached hydrogens (primary N) is 1. The van der Waals surface area contributed by atoms with Gasteiger partial charge >= 0.3 is 0 Å². The van der Waals surface area contributed by atoms with Gasteiger partial charge in [0.05, 0.1) is 16.3 Å². The average molecular weight is 374 g/mol. The predicted molar refractivity (Wildman–Crippen MR) is 83.0 cm³/mol. The fraction of sp³-hybridized carbons (Fsp3) is 0.154. The monoisotopic (exact) mass is 373 g/mol. The van der Waals surface area contributed by atoms with Gasteiger partial charge in [0.25, 0.3) is 10.0 Å². The normalized spacial score (nSPS) is 11.4. The third-order valence-electron chi connectivity index (χ3n) is 2.96. The van der Waals surface area contributed by atoms with Crippen LogP contribution in [0.15, 0.2) is 33.8 Å². The minimum Gasteiger partial charge on any atom is -0.398 e. The van der Waals surface area contributed by atoms with E-state index in [9.17, 15) is 12.8 Å². The summed E-state index contributed by atoms with van der Waals surface area (Å²) >= 11 is 3.19.